The van der Waals surface area contributed by atoms with E-state index >= 15 is 0 Å². The summed E-state index contributed by atoms with van der Waals surface area (Å²) in [6, 6.07) is 7.42. The Kier molecular flexibility index (Phi) is 10.6. The van der Waals surface area contributed by atoms with Gasteiger partial charge in [0, 0.05) is 0 Å². The fraction of sp³-hybridized carbons (Fsp3) is 0.400. The van der Waals surface area contributed by atoms with Crippen molar-refractivity contribution in [2.45, 2.75) is 18.7 Å². The summed E-state index contributed by atoms with van der Waals surface area (Å²) in [7, 11) is -0.253. The molecule has 0 heterocycles. The van der Waals surface area contributed by atoms with Gasteiger partial charge in [-0.3, -0.25) is 4.55 Å². The van der Waals surface area contributed by atoms with Crippen molar-refractivity contribution in [3.8, 4) is 0 Å². The van der Waals surface area contributed by atoms with Gasteiger partial charge in [-0.05, 0) is 26.2 Å². The molecule has 0 fully saturated rings. The standard InChI is InChI=1S/C6H6O3S.C2H7N.C2H6/c7-10(8,9)6-4-2-1-3-5-6;1-3-2;1-2/h1-5H,(H,7,8,9);3H,1-2H3;1-2H3. The zero-order chi connectivity index (χ0) is 12.3. The highest BCUT2D eigenvalue weighted by Crippen LogP contribution is 2.05. The van der Waals surface area contributed by atoms with Gasteiger partial charge in [0.2, 0.25) is 0 Å². The first-order valence-electron chi connectivity index (χ1n) is 4.63. The molecule has 0 atom stereocenters. The lowest BCUT2D eigenvalue weighted by Gasteiger charge is -1.92. The normalized spacial score (nSPS) is 9.13. The molecular weight excluding hydrogens is 214 g/mol. The van der Waals surface area contributed by atoms with Crippen LogP contribution in [0, 0.1) is 0 Å². The van der Waals surface area contributed by atoms with E-state index in [9.17, 15) is 8.42 Å². The average molecular weight is 233 g/mol. The van der Waals surface area contributed by atoms with Crippen molar-refractivity contribution in [2.24, 2.45) is 0 Å². The van der Waals surface area contributed by atoms with Crippen LogP contribution in [0.4, 0.5) is 0 Å². The molecule has 0 saturated carbocycles. The molecule has 0 amide bonds. The third-order valence-corrected chi connectivity index (χ3v) is 1.91. The van der Waals surface area contributed by atoms with Gasteiger partial charge in [0.25, 0.3) is 10.1 Å². The van der Waals surface area contributed by atoms with Crippen LogP contribution in [0.5, 0.6) is 0 Å². The van der Waals surface area contributed by atoms with Gasteiger partial charge in [0.15, 0.2) is 0 Å². The maximum Gasteiger partial charge on any atom is 0.294 e. The van der Waals surface area contributed by atoms with E-state index in [2.05, 4.69) is 5.32 Å². The quantitative estimate of drug-likeness (QED) is 0.726. The van der Waals surface area contributed by atoms with Gasteiger partial charge in [-0.25, -0.2) is 0 Å². The molecular formula is C10H19NO3S. The topological polar surface area (TPSA) is 66.4 Å². The molecule has 0 aliphatic carbocycles. The summed E-state index contributed by atoms with van der Waals surface area (Å²) in [6.07, 6.45) is 0. The highest BCUT2D eigenvalue weighted by molar-refractivity contribution is 7.85. The summed E-state index contributed by atoms with van der Waals surface area (Å²) < 4.78 is 29.2. The first kappa shape index (κ1) is 16.5. The fourth-order valence-electron chi connectivity index (χ4n) is 0.592. The van der Waals surface area contributed by atoms with Crippen LogP contribution in [0.1, 0.15) is 13.8 Å². The molecule has 5 heteroatoms. The number of hydrogen-bond acceptors (Lipinski definition) is 3. The van der Waals surface area contributed by atoms with E-state index in [0.717, 1.165) is 0 Å². The zero-order valence-electron chi connectivity index (χ0n) is 9.56. The van der Waals surface area contributed by atoms with E-state index < -0.39 is 10.1 Å². The molecule has 0 spiro atoms. The Morgan fingerprint density at radius 2 is 1.40 bits per heavy atom. The van der Waals surface area contributed by atoms with Crippen LogP contribution in [0.3, 0.4) is 0 Å². The van der Waals surface area contributed by atoms with Gasteiger partial charge >= 0.3 is 0 Å². The summed E-state index contributed by atoms with van der Waals surface area (Å²) in [5, 5.41) is 2.75. The first-order valence-corrected chi connectivity index (χ1v) is 6.07. The summed E-state index contributed by atoms with van der Waals surface area (Å²) in [4.78, 5) is -0.0741. The number of hydrogen-bond donors (Lipinski definition) is 2. The maximum absolute atomic E-state index is 10.4. The smallest absolute Gasteiger partial charge is 0.294 e. The van der Waals surface area contributed by atoms with E-state index in [4.69, 9.17) is 4.55 Å². The lowest BCUT2D eigenvalue weighted by Crippen LogP contribution is -1.96. The molecule has 0 aliphatic heterocycles. The fourth-order valence-corrected chi connectivity index (χ4v) is 1.09. The van der Waals surface area contributed by atoms with Gasteiger partial charge in [0.1, 0.15) is 0 Å². The maximum atomic E-state index is 10.4. The minimum Gasteiger partial charge on any atom is -0.323 e. The third-order valence-electron chi connectivity index (χ3n) is 1.04. The third kappa shape index (κ3) is 9.40. The molecule has 1 rings (SSSR count). The van der Waals surface area contributed by atoms with Crippen molar-refractivity contribution in [1.29, 1.82) is 0 Å². The molecule has 0 radical (unpaired) electrons. The average Bonchev–Trinajstić information content (AvgIpc) is 2.22. The van der Waals surface area contributed by atoms with Crippen LogP contribution in [-0.4, -0.2) is 27.1 Å². The lowest BCUT2D eigenvalue weighted by atomic mass is 10.4. The van der Waals surface area contributed by atoms with Gasteiger partial charge in [0.05, 0.1) is 4.90 Å². The number of nitrogens with one attached hydrogen (secondary N) is 1. The summed E-state index contributed by atoms with van der Waals surface area (Å²) in [5.41, 5.74) is 0. The molecule has 1 aromatic rings. The SMILES string of the molecule is CC.CNC.O=S(=O)(O)c1ccccc1. The Balaban J connectivity index is 0. The Bertz CT molecular complexity index is 322. The lowest BCUT2D eigenvalue weighted by molar-refractivity contribution is 0.483. The van der Waals surface area contributed by atoms with E-state index in [1.165, 1.54) is 12.1 Å². The second-order valence-corrected chi connectivity index (χ2v) is 3.71. The highest BCUT2D eigenvalue weighted by atomic mass is 32.2. The van der Waals surface area contributed by atoms with Gasteiger partial charge in [-0.15, -0.1) is 0 Å². The summed E-state index contributed by atoms with van der Waals surface area (Å²) in [5.74, 6) is 0. The molecule has 0 aromatic heterocycles. The second kappa shape index (κ2) is 9.64. The van der Waals surface area contributed by atoms with Crippen molar-refractivity contribution in [3.63, 3.8) is 0 Å². The molecule has 4 nitrogen and oxygen atoms in total. The largest absolute Gasteiger partial charge is 0.323 e. The Morgan fingerprint density at radius 3 is 1.60 bits per heavy atom. The molecule has 0 aliphatic rings. The van der Waals surface area contributed by atoms with E-state index in [1.807, 2.05) is 27.9 Å². The minimum atomic E-state index is -4.00. The van der Waals surface area contributed by atoms with Crippen LogP contribution < -0.4 is 5.32 Å². The van der Waals surface area contributed by atoms with Crippen LogP contribution in [0.25, 0.3) is 0 Å². The predicted octanol–water partition coefficient (Wildman–Crippen LogP) is 1.80. The van der Waals surface area contributed by atoms with Crippen LogP contribution >= 0.6 is 0 Å². The number of benzene rings is 1. The molecule has 0 unspecified atom stereocenters. The Labute approximate surface area is 92.1 Å². The molecule has 1 aromatic carbocycles. The molecule has 88 valence electrons. The van der Waals surface area contributed by atoms with Gasteiger partial charge in [-0.2, -0.15) is 8.42 Å². The van der Waals surface area contributed by atoms with Crippen molar-refractivity contribution < 1.29 is 13.0 Å². The highest BCUT2D eigenvalue weighted by Gasteiger charge is 2.05. The molecule has 2 N–H and O–H groups in total. The number of rotatable bonds is 1. The molecule has 15 heavy (non-hydrogen) atoms. The van der Waals surface area contributed by atoms with Gasteiger partial charge < -0.3 is 5.32 Å². The zero-order valence-corrected chi connectivity index (χ0v) is 10.4. The van der Waals surface area contributed by atoms with Gasteiger partial charge in [-0.1, -0.05) is 32.0 Å². The monoisotopic (exact) mass is 233 g/mol. The van der Waals surface area contributed by atoms with Crippen LogP contribution in [0.15, 0.2) is 35.2 Å². The Morgan fingerprint density at radius 1 is 1.07 bits per heavy atom. The summed E-state index contributed by atoms with van der Waals surface area (Å²) in [6.45, 7) is 4.00. The first-order chi connectivity index (χ1) is 7.02. The molecule has 0 bridgehead atoms. The molecule has 0 saturated heterocycles. The van der Waals surface area contributed by atoms with Crippen molar-refractivity contribution >= 4 is 10.1 Å². The summed E-state index contributed by atoms with van der Waals surface area (Å²) >= 11 is 0. The van der Waals surface area contributed by atoms with Crippen LogP contribution in [0.2, 0.25) is 0 Å². The van der Waals surface area contributed by atoms with Crippen molar-refractivity contribution in [3.05, 3.63) is 30.3 Å². The van der Waals surface area contributed by atoms with Crippen molar-refractivity contribution in [2.75, 3.05) is 14.1 Å². The Hall–Kier alpha value is -0.910. The minimum absolute atomic E-state index is 0.0741. The van der Waals surface area contributed by atoms with Crippen LogP contribution in [-0.2, 0) is 10.1 Å². The van der Waals surface area contributed by atoms with E-state index in [0.29, 0.717) is 0 Å². The van der Waals surface area contributed by atoms with E-state index in [1.54, 1.807) is 18.2 Å². The van der Waals surface area contributed by atoms with E-state index in [-0.39, 0.29) is 4.90 Å². The predicted molar refractivity (Wildman–Crippen MR) is 62.6 cm³/mol. The second-order valence-electron chi connectivity index (χ2n) is 2.29. The van der Waals surface area contributed by atoms with Crippen molar-refractivity contribution in [1.82, 2.24) is 5.32 Å².